The van der Waals surface area contributed by atoms with Gasteiger partial charge in [-0.15, -0.1) is 0 Å². The van der Waals surface area contributed by atoms with E-state index in [0.717, 1.165) is 0 Å². The number of amides is 1. The molecule has 2 unspecified atom stereocenters. The average molecular weight is 619 g/mol. The third-order valence-corrected chi connectivity index (χ3v) is 8.69. The lowest BCUT2D eigenvalue weighted by molar-refractivity contribution is -0.127. The second-order valence-corrected chi connectivity index (χ2v) is 12.0. The normalized spacial score (nSPS) is 18.0. The number of hydrogen-bond donors (Lipinski definition) is 1. The number of phenolic OH excluding ortho intramolecular Hbond substituents is 1. The van der Waals surface area contributed by atoms with Gasteiger partial charge in [-0.25, -0.2) is 28.7 Å². The molecule has 5 heterocycles. The highest BCUT2D eigenvalue weighted by Gasteiger charge is 2.41. The smallest absolute Gasteiger partial charge is 0.355 e. The Bertz CT molecular complexity index is 1890. The van der Waals surface area contributed by atoms with Crippen LogP contribution >= 0.6 is 11.6 Å². The van der Waals surface area contributed by atoms with Crippen molar-refractivity contribution in [3.63, 3.8) is 0 Å². The Hall–Kier alpha value is -4.58. The van der Waals surface area contributed by atoms with Gasteiger partial charge in [-0.2, -0.15) is 4.98 Å². The van der Waals surface area contributed by atoms with Gasteiger partial charge in [0.1, 0.15) is 29.4 Å². The van der Waals surface area contributed by atoms with Gasteiger partial charge >= 0.3 is 5.69 Å². The van der Waals surface area contributed by atoms with E-state index in [1.165, 1.54) is 35.2 Å². The predicted octanol–water partition coefficient (Wildman–Crippen LogP) is 4.21. The molecule has 6 rings (SSSR count). The lowest BCUT2D eigenvalue weighted by Crippen LogP contribution is -2.61. The van der Waals surface area contributed by atoms with Crippen molar-refractivity contribution in [1.29, 1.82) is 0 Å². The Morgan fingerprint density at radius 2 is 1.93 bits per heavy atom. The molecule has 3 aromatic heterocycles. The van der Waals surface area contributed by atoms with Crippen LogP contribution in [0.5, 0.6) is 5.75 Å². The number of pyridine rings is 1. The van der Waals surface area contributed by atoms with Crippen LogP contribution in [0.4, 0.5) is 15.9 Å². The maximum Gasteiger partial charge on any atom is 0.355 e. The largest absolute Gasteiger partial charge is 0.507 e. The maximum absolute atomic E-state index is 15.4. The summed E-state index contributed by atoms with van der Waals surface area (Å²) in [6, 6.07) is 3.44. The number of benzene rings is 1. The van der Waals surface area contributed by atoms with Crippen molar-refractivity contribution in [2.24, 2.45) is 0 Å². The number of carbonyl (C=O) groups excluding carboxylic acids is 1. The molecule has 0 bridgehead atoms. The van der Waals surface area contributed by atoms with E-state index >= 15 is 4.39 Å². The lowest BCUT2D eigenvalue weighted by atomic mass is 10.0. The van der Waals surface area contributed by atoms with Gasteiger partial charge in [0.05, 0.1) is 44.8 Å². The molecule has 0 aliphatic carbocycles. The maximum atomic E-state index is 15.4. The SMILES string of the molecule is C=CC(=O)N1CC(C)N2c3nc(=O)n(-c4c(C)ncnc4C(C)C)c4nc(-c5c(O)cccc5F)c(Cl)c(c34)N(C)CC2C1. The van der Waals surface area contributed by atoms with Crippen molar-refractivity contribution >= 4 is 40.0 Å². The standard InChI is InChI=1S/C31H32ClFN8O3/c1-7-21(43)39-11-16(4)40-18(13-39)12-38(6)28-23-29(36-26(24(28)32)22-19(33)9-8-10-20(22)42)41(31(44)37-30(23)40)27-17(5)34-14-35-25(27)15(2)3/h7-10,14-16,18,42H,1,11-13H2,2-6H3. The van der Waals surface area contributed by atoms with Gasteiger partial charge in [-0.05, 0) is 38.0 Å². The first-order valence-corrected chi connectivity index (χ1v) is 14.7. The minimum Gasteiger partial charge on any atom is -0.507 e. The molecule has 1 N–H and O–H groups in total. The summed E-state index contributed by atoms with van der Waals surface area (Å²) in [5.74, 6) is -0.988. The van der Waals surface area contributed by atoms with Gasteiger partial charge < -0.3 is 19.8 Å². The van der Waals surface area contributed by atoms with Crippen molar-refractivity contribution in [1.82, 2.24) is 29.4 Å². The zero-order chi connectivity index (χ0) is 31.6. The Kier molecular flexibility index (Phi) is 7.27. The van der Waals surface area contributed by atoms with Crippen LogP contribution in [-0.2, 0) is 4.79 Å². The quantitative estimate of drug-likeness (QED) is 0.335. The van der Waals surface area contributed by atoms with Crippen molar-refractivity contribution in [2.75, 3.05) is 36.5 Å². The molecule has 1 amide bonds. The highest BCUT2D eigenvalue weighted by atomic mass is 35.5. The minimum absolute atomic E-state index is 0.0288. The van der Waals surface area contributed by atoms with Crippen LogP contribution < -0.4 is 15.5 Å². The molecule has 2 aliphatic rings. The van der Waals surface area contributed by atoms with Gasteiger partial charge in [0.2, 0.25) is 5.91 Å². The van der Waals surface area contributed by atoms with Crippen LogP contribution in [0.2, 0.25) is 5.02 Å². The average Bonchev–Trinajstić information content (AvgIpc) is 3.09. The van der Waals surface area contributed by atoms with Gasteiger partial charge in [0.25, 0.3) is 0 Å². The summed E-state index contributed by atoms with van der Waals surface area (Å²) in [6.07, 6.45) is 2.74. The summed E-state index contributed by atoms with van der Waals surface area (Å²) in [7, 11) is 1.84. The van der Waals surface area contributed by atoms with Crippen LogP contribution in [0.1, 0.15) is 38.1 Å². The molecule has 0 saturated carbocycles. The van der Waals surface area contributed by atoms with Gasteiger partial charge in [0, 0.05) is 32.7 Å². The lowest BCUT2D eigenvalue weighted by Gasteiger charge is -2.46. The van der Waals surface area contributed by atoms with E-state index in [1.54, 1.807) is 11.8 Å². The Morgan fingerprint density at radius 1 is 1.18 bits per heavy atom. The van der Waals surface area contributed by atoms with E-state index in [1.807, 2.05) is 37.6 Å². The van der Waals surface area contributed by atoms with E-state index in [2.05, 4.69) is 21.5 Å². The van der Waals surface area contributed by atoms with Crippen molar-refractivity contribution in [3.8, 4) is 22.7 Å². The zero-order valence-corrected chi connectivity index (χ0v) is 25.8. The van der Waals surface area contributed by atoms with Crippen molar-refractivity contribution in [3.05, 3.63) is 69.9 Å². The number of halogens is 2. The second-order valence-electron chi connectivity index (χ2n) is 11.6. The van der Waals surface area contributed by atoms with Gasteiger partial charge in [-0.3, -0.25) is 4.79 Å². The van der Waals surface area contributed by atoms with Crippen LogP contribution in [0.15, 0.2) is 42.0 Å². The summed E-state index contributed by atoms with van der Waals surface area (Å²) in [5.41, 5.74) is 1.35. The summed E-state index contributed by atoms with van der Waals surface area (Å²) < 4.78 is 16.7. The molecule has 2 atom stereocenters. The number of nitrogens with zero attached hydrogens (tertiary/aromatic N) is 8. The third-order valence-electron chi connectivity index (χ3n) is 8.34. The summed E-state index contributed by atoms with van der Waals surface area (Å²) in [6.45, 7) is 12.4. The number of likely N-dealkylation sites (N-methyl/N-ethyl adjacent to an activating group) is 1. The molecule has 1 aromatic carbocycles. The van der Waals surface area contributed by atoms with E-state index < -0.39 is 11.5 Å². The van der Waals surface area contributed by atoms with Crippen LogP contribution in [-0.4, -0.2) is 79.2 Å². The highest BCUT2D eigenvalue weighted by molar-refractivity contribution is 6.38. The Labute approximate surface area is 258 Å². The van der Waals surface area contributed by atoms with E-state index in [-0.39, 0.29) is 51.6 Å². The van der Waals surface area contributed by atoms with Crippen molar-refractivity contribution in [2.45, 2.75) is 45.7 Å². The third kappa shape index (κ3) is 4.47. The topological polar surface area (TPSA) is 121 Å². The molecule has 11 nitrogen and oxygen atoms in total. The molecule has 13 heteroatoms. The van der Waals surface area contributed by atoms with E-state index in [4.69, 9.17) is 16.6 Å². The summed E-state index contributed by atoms with van der Waals surface area (Å²) >= 11 is 7.11. The number of anilines is 2. The van der Waals surface area contributed by atoms with Crippen LogP contribution in [0, 0.1) is 12.7 Å². The molecule has 0 radical (unpaired) electrons. The minimum atomic E-state index is -0.725. The molecular formula is C31H32ClFN8O3. The molecule has 4 aromatic rings. The van der Waals surface area contributed by atoms with Gasteiger partial charge in [0.15, 0.2) is 5.65 Å². The van der Waals surface area contributed by atoms with E-state index in [9.17, 15) is 14.7 Å². The first-order valence-electron chi connectivity index (χ1n) is 14.3. The number of aryl methyl sites for hydroxylation is 1. The number of rotatable bonds is 4. The Morgan fingerprint density at radius 3 is 2.61 bits per heavy atom. The number of phenols is 1. The monoisotopic (exact) mass is 618 g/mol. The second kappa shape index (κ2) is 10.8. The first-order chi connectivity index (χ1) is 20.9. The fourth-order valence-electron chi connectivity index (χ4n) is 6.46. The van der Waals surface area contributed by atoms with Crippen LogP contribution in [0.3, 0.4) is 0 Å². The van der Waals surface area contributed by atoms with Gasteiger partial charge in [-0.1, -0.05) is 38.1 Å². The molecular weight excluding hydrogens is 587 g/mol. The summed E-state index contributed by atoms with van der Waals surface area (Å²) in [5, 5.41) is 11.4. The molecule has 2 aliphatic heterocycles. The number of piperazine rings is 1. The summed E-state index contributed by atoms with van der Waals surface area (Å²) in [4.78, 5) is 50.9. The Balaban J connectivity index is 1.77. The fourth-order valence-corrected chi connectivity index (χ4v) is 6.84. The predicted molar refractivity (Wildman–Crippen MR) is 167 cm³/mol. The van der Waals surface area contributed by atoms with Crippen LogP contribution in [0.25, 0.3) is 28.0 Å². The number of carbonyl (C=O) groups is 1. The molecule has 228 valence electrons. The fraction of sp³-hybridized carbons (Fsp3) is 0.355. The first kappa shape index (κ1) is 29.5. The number of aromatic hydroxyl groups is 1. The number of hydrogen-bond acceptors (Lipinski definition) is 9. The van der Waals surface area contributed by atoms with Crippen molar-refractivity contribution < 1.29 is 14.3 Å². The molecule has 0 spiro atoms. The molecule has 1 fully saturated rings. The highest BCUT2D eigenvalue weighted by Crippen LogP contribution is 2.47. The zero-order valence-electron chi connectivity index (χ0n) is 25.0. The molecule has 44 heavy (non-hydrogen) atoms. The number of fused-ring (bicyclic) bond motifs is 2. The molecule has 1 saturated heterocycles. The van der Waals surface area contributed by atoms with E-state index in [0.29, 0.717) is 53.6 Å². The number of aromatic nitrogens is 5.